The lowest BCUT2D eigenvalue weighted by molar-refractivity contribution is -0.147. The van der Waals surface area contributed by atoms with Gasteiger partial charge < -0.3 is 5.32 Å². The Hall–Kier alpha value is -1.14. The van der Waals surface area contributed by atoms with Crippen molar-refractivity contribution in [3.05, 3.63) is 29.6 Å². The van der Waals surface area contributed by atoms with Crippen LogP contribution in [-0.4, -0.2) is 36.2 Å². The second-order valence-corrected chi connectivity index (χ2v) is 4.48. The SMILES string of the molecule is CCCN(Cc1cccc(CNC)n1)CC(F)(F)F. The predicted octanol–water partition coefficient (Wildman–Crippen LogP) is 2.58. The van der Waals surface area contributed by atoms with Crippen molar-refractivity contribution >= 4 is 0 Å². The van der Waals surface area contributed by atoms with Gasteiger partial charge in [0.2, 0.25) is 0 Å². The highest BCUT2D eigenvalue weighted by atomic mass is 19.4. The van der Waals surface area contributed by atoms with Crippen molar-refractivity contribution in [3.63, 3.8) is 0 Å². The minimum absolute atomic E-state index is 0.227. The molecule has 0 amide bonds. The monoisotopic (exact) mass is 275 g/mol. The molecule has 19 heavy (non-hydrogen) atoms. The van der Waals surface area contributed by atoms with Crippen LogP contribution in [0.2, 0.25) is 0 Å². The van der Waals surface area contributed by atoms with Crippen molar-refractivity contribution in [1.82, 2.24) is 15.2 Å². The first kappa shape index (κ1) is 15.9. The number of aromatic nitrogens is 1. The summed E-state index contributed by atoms with van der Waals surface area (Å²) in [6.07, 6.45) is -3.48. The molecule has 1 aromatic heterocycles. The first-order valence-corrected chi connectivity index (χ1v) is 6.33. The molecule has 3 nitrogen and oxygen atoms in total. The average molecular weight is 275 g/mol. The van der Waals surface area contributed by atoms with Gasteiger partial charge in [0.05, 0.1) is 17.9 Å². The summed E-state index contributed by atoms with van der Waals surface area (Å²) < 4.78 is 37.4. The minimum Gasteiger partial charge on any atom is -0.314 e. The largest absolute Gasteiger partial charge is 0.401 e. The van der Waals surface area contributed by atoms with Crippen molar-refractivity contribution in [1.29, 1.82) is 0 Å². The van der Waals surface area contributed by atoms with Gasteiger partial charge in [0.1, 0.15) is 0 Å². The van der Waals surface area contributed by atoms with E-state index in [1.54, 1.807) is 13.1 Å². The summed E-state index contributed by atoms with van der Waals surface area (Å²) in [6, 6.07) is 5.44. The number of hydrogen-bond donors (Lipinski definition) is 1. The van der Waals surface area contributed by atoms with Crippen LogP contribution in [0.25, 0.3) is 0 Å². The number of nitrogens with zero attached hydrogens (tertiary/aromatic N) is 2. The molecule has 1 rings (SSSR count). The Bertz CT molecular complexity index is 380. The number of alkyl halides is 3. The molecular formula is C13H20F3N3. The molecule has 0 spiro atoms. The molecule has 0 fully saturated rings. The van der Waals surface area contributed by atoms with Crippen LogP contribution in [0.3, 0.4) is 0 Å². The van der Waals surface area contributed by atoms with Crippen LogP contribution in [0.15, 0.2) is 18.2 Å². The van der Waals surface area contributed by atoms with Crippen LogP contribution in [0.4, 0.5) is 13.2 Å². The molecule has 0 aliphatic heterocycles. The predicted molar refractivity (Wildman–Crippen MR) is 68.6 cm³/mol. The molecule has 0 saturated carbocycles. The van der Waals surface area contributed by atoms with Gasteiger partial charge in [-0.2, -0.15) is 13.2 Å². The standard InChI is InChI=1S/C13H20F3N3/c1-3-7-19(10-13(14,15)16)9-12-6-4-5-11(18-12)8-17-2/h4-6,17H,3,7-10H2,1-2H3. The number of nitrogens with one attached hydrogen (secondary N) is 1. The summed E-state index contributed by atoms with van der Waals surface area (Å²) in [5.41, 5.74) is 1.51. The summed E-state index contributed by atoms with van der Waals surface area (Å²) in [5, 5.41) is 2.97. The summed E-state index contributed by atoms with van der Waals surface area (Å²) >= 11 is 0. The van der Waals surface area contributed by atoms with Crippen LogP contribution in [0.1, 0.15) is 24.7 Å². The number of hydrogen-bond acceptors (Lipinski definition) is 3. The zero-order chi connectivity index (χ0) is 14.3. The van der Waals surface area contributed by atoms with E-state index in [0.717, 1.165) is 5.69 Å². The maximum Gasteiger partial charge on any atom is 0.401 e. The van der Waals surface area contributed by atoms with Crippen LogP contribution in [0.5, 0.6) is 0 Å². The Balaban J connectivity index is 2.69. The van der Waals surface area contributed by atoms with Gasteiger partial charge in [-0.05, 0) is 32.1 Å². The molecule has 108 valence electrons. The van der Waals surface area contributed by atoms with Gasteiger partial charge in [-0.3, -0.25) is 9.88 Å². The van der Waals surface area contributed by atoms with E-state index in [-0.39, 0.29) is 6.54 Å². The van der Waals surface area contributed by atoms with Crippen molar-refractivity contribution in [2.24, 2.45) is 0 Å². The van der Waals surface area contributed by atoms with Gasteiger partial charge in [-0.1, -0.05) is 13.0 Å². The molecule has 0 aromatic carbocycles. The van der Waals surface area contributed by atoms with Gasteiger partial charge in [0.15, 0.2) is 0 Å². The number of halogens is 3. The van der Waals surface area contributed by atoms with Gasteiger partial charge >= 0.3 is 6.18 Å². The van der Waals surface area contributed by atoms with Gasteiger partial charge in [-0.15, -0.1) is 0 Å². The van der Waals surface area contributed by atoms with Gasteiger partial charge in [0, 0.05) is 13.1 Å². The Labute approximate surface area is 111 Å². The minimum atomic E-state index is -4.17. The quantitative estimate of drug-likeness (QED) is 0.829. The van der Waals surface area contributed by atoms with E-state index in [4.69, 9.17) is 0 Å². The highest BCUT2D eigenvalue weighted by Gasteiger charge is 2.30. The van der Waals surface area contributed by atoms with Crippen LogP contribution in [0, 0.1) is 0 Å². The first-order valence-electron chi connectivity index (χ1n) is 6.33. The van der Waals surface area contributed by atoms with Crippen molar-refractivity contribution < 1.29 is 13.2 Å². The fourth-order valence-corrected chi connectivity index (χ4v) is 1.91. The molecule has 0 aliphatic carbocycles. The molecule has 6 heteroatoms. The fraction of sp³-hybridized carbons (Fsp3) is 0.615. The molecule has 1 N–H and O–H groups in total. The first-order chi connectivity index (χ1) is 8.94. The summed E-state index contributed by atoms with van der Waals surface area (Å²) in [7, 11) is 1.81. The summed E-state index contributed by atoms with van der Waals surface area (Å²) in [5.74, 6) is 0. The molecule has 0 aliphatic rings. The third-order valence-corrected chi connectivity index (χ3v) is 2.55. The molecule has 1 heterocycles. The van der Waals surface area contributed by atoms with E-state index in [1.807, 2.05) is 19.1 Å². The highest BCUT2D eigenvalue weighted by Crippen LogP contribution is 2.18. The van der Waals surface area contributed by atoms with E-state index >= 15 is 0 Å². The lowest BCUT2D eigenvalue weighted by Gasteiger charge is -2.22. The van der Waals surface area contributed by atoms with E-state index in [9.17, 15) is 13.2 Å². The van der Waals surface area contributed by atoms with E-state index in [0.29, 0.717) is 25.2 Å². The molecule has 0 unspecified atom stereocenters. The zero-order valence-corrected chi connectivity index (χ0v) is 11.3. The Morgan fingerprint density at radius 1 is 1.26 bits per heavy atom. The highest BCUT2D eigenvalue weighted by molar-refractivity contribution is 5.11. The summed E-state index contributed by atoms with van der Waals surface area (Å²) in [4.78, 5) is 5.72. The van der Waals surface area contributed by atoms with Crippen molar-refractivity contribution in [2.45, 2.75) is 32.6 Å². The number of rotatable bonds is 7. The van der Waals surface area contributed by atoms with E-state index in [2.05, 4.69) is 10.3 Å². The molecule has 0 atom stereocenters. The van der Waals surface area contributed by atoms with Gasteiger partial charge in [-0.25, -0.2) is 0 Å². The van der Waals surface area contributed by atoms with Gasteiger partial charge in [0.25, 0.3) is 0 Å². The maximum absolute atomic E-state index is 12.5. The molecular weight excluding hydrogens is 255 g/mol. The normalized spacial score (nSPS) is 12.1. The second kappa shape index (κ2) is 7.45. The van der Waals surface area contributed by atoms with Crippen LogP contribution in [-0.2, 0) is 13.1 Å². The average Bonchev–Trinajstić information content (AvgIpc) is 2.28. The zero-order valence-electron chi connectivity index (χ0n) is 11.3. The Kier molecular flexibility index (Phi) is 6.24. The van der Waals surface area contributed by atoms with Crippen LogP contribution >= 0.6 is 0 Å². The fourth-order valence-electron chi connectivity index (χ4n) is 1.91. The Morgan fingerprint density at radius 2 is 1.95 bits per heavy atom. The number of pyridine rings is 1. The second-order valence-electron chi connectivity index (χ2n) is 4.48. The van der Waals surface area contributed by atoms with E-state index < -0.39 is 12.7 Å². The molecule has 0 saturated heterocycles. The molecule has 0 bridgehead atoms. The molecule has 0 radical (unpaired) electrons. The maximum atomic E-state index is 12.5. The molecule has 1 aromatic rings. The topological polar surface area (TPSA) is 28.2 Å². The third-order valence-electron chi connectivity index (χ3n) is 2.55. The third kappa shape index (κ3) is 6.54. The summed E-state index contributed by atoms with van der Waals surface area (Å²) in [6.45, 7) is 2.23. The lowest BCUT2D eigenvalue weighted by Crippen LogP contribution is -2.34. The van der Waals surface area contributed by atoms with Crippen LogP contribution < -0.4 is 5.32 Å². The Morgan fingerprint density at radius 3 is 2.53 bits per heavy atom. The smallest absolute Gasteiger partial charge is 0.314 e. The van der Waals surface area contributed by atoms with Crippen molar-refractivity contribution in [2.75, 3.05) is 20.1 Å². The lowest BCUT2D eigenvalue weighted by atomic mass is 10.2. The van der Waals surface area contributed by atoms with Crippen molar-refractivity contribution in [3.8, 4) is 0 Å². The van der Waals surface area contributed by atoms with E-state index in [1.165, 1.54) is 4.90 Å².